The van der Waals surface area contributed by atoms with E-state index in [9.17, 15) is 0 Å². The van der Waals surface area contributed by atoms with Crippen molar-refractivity contribution >= 4 is 0 Å². The molecule has 1 rings (SSSR count). The molecule has 0 aliphatic carbocycles. The summed E-state index contributed by atoms with van der Waals surface area (Å²) >= 11 is 0. The van der Waals surface area contributed by atoms with Crippen LogP contribution in [0.1, 0.15) is 20.3 Å². The largest absolute Gasteiger partial charge is 0.491 e. The molecule has 0 radical (unpaired) electrons. The zero-order valence-corrected chi connectivity index (χ0v) is 9.27. The third-order valence-electron chi connectivity index (χ3n) is 2.10. The molecule has 1 aromatic carbocycles. The molecule has 1 unspecified atom stereocenters. The quantitative estimate of drug-likeness (QED) is 0.782. The van der Waals surface area contributed by atoms with Crippen LogP contribution in [-0.4, -0.2) is 24.4 Å². The van der Waals surface area contributed by atoms with Gasteiger partial charge in [0, 0.05) is 0 Å². The van der Waals surface area contributed by atoms with Gasteiger partial charge in [0.25, 0.3) is 0 Å². The maximum atomic E-state index is 8.58. The molecule has 0 spiro atoms. The lowest BCUT2D eigenvalue weighted by molar-refractivity contribution is 0.200. The van der Waals surface area contributed by atoms with Gasteiger partial charge in [-0.05, 0) is 37.6 Å². The normalized spacial score (nSPS) is 12.2. The average Bonchev–Trinajstić information content (AvgIpc) is 2.28. The van der Waals surface area contributed by atoms with E-state index in [1.54, 1.807) is 0 Å². The summed E-state index contributed by atoms with van der Waals surface area (Å²) in [4.78, 5) is 0. The second kappa shape index (κ2) is 6.30. The van der Waals surface area contributed by atoms with Crippen LogP contribution in [-0.2, 0) is 0 Å². The van der Waals surface area contributed by atoms with Crippen molar-refractivity contribution in [2.24, 2.45) is 0 Å². The van der Waals surface area contributed by atoms with Gasteiger partial charge in [0.1, 0.15) is 18.1 Å². The summed E-state index contributed by atoms with van der Waals surface area (Å²) in [5, 5.41) is 8.58. The van der Waals surface area contributed by atoms with E-state index in [1.807, 2.05) is 31.2 Å². The predicted molar refractivity (Wildman–Crippen MR) is 59.4 cm³/mol. The maximum absolute atomic E-state index is 8.58. The van der Waals surface area contributed by atoms with Gasteiger partial charge in [-0.3, -0.25) is 0 Å². The Balaban J connectivity index is 2.48. The van der Waals surface area contributed by atoms with Gasteiger partial charge in [-0.1, -0.05) is 6.92 Å². The third-order valence-corrected chi connectivity index (χ3v) is 2.10. The standard InChI is InChI=1S/C12H18O3/c1-3-10(2)15-12-6-4-11(5-7-12)14-9-8-13/h4-7,10,13H,3,8-9H2,1-2H3. The van der Waals surface area contributed by atoms with Gasteiger partial charge in [-0.15, -0.1) is 0 Å². The molecular formula is C12H18O3. The Bertz CT molecular complexity index is 269. The van der Waals surface area contributed by atoms with Crippen molar-refractivity contribution in [1.82, 2.24) is 0 Å². The number of ether oxygens (including phenoxy) is 2. The first-order chi connectivity index (χ1) is 7.26. The van der Waals surface area contributed by atoms with Crippen molar-refractivity contribution < 1.29 is 14.6 Å². The van der Waals surface area contributed by atoms with Crippen molar-refractivity contribution in [3.63, 3.8) is 0 Å². The van der Waals surface area contributed by atoms with E-state index in [1.165, 1.54) is 0 Å². The summed E-state index contributed by atoms with van der Waals surface area (Å²) in [7, 11) is 0. The number of hydrogen-bond acceptors (Lipinski definition) is 3. The van der Waals surface area contributed by atoms with Crippen LogP contribution >= 0.6 is 0 Å². The number of benzene rings is 1. The first-order valence-corrected chi connectivity index (χ1v) is 5.26. The molecule has 0 heterocycles. The molecule has 3 heteroatoms. The first-order valence-electron chi connectivity index (χ1n) is 5.26. The van der Waals surface area contributed by atoms with E-state index >= 15 is 0 Å². The summed E-state index contributed by atoms with van der Waals surface area (Å²) in [6, 6.07) is 7.43. The van der Waals surface area contributed by atoms with Crippen LogP contribution in [0.4, 0.5) is 0 Å². The molecule has 0 aliphatic rings. The minimum absolute atomic E-state index is 0.0329. The molecule has 84 valence electrons. The summed E-state index contributed by atoms with van der Waals surface area (Å²) in [6.45, 7) is 4.48. The van der Waals surface area contributed by atoms with E-state index in [2.05, 4.69) is 6.92 Å². The highest BCUT2D eigenvalue weighted by molar-refractivity contribution is 5.31. The molecule has 1 aromatic rings. The van der Waals surface area contributed by atoms with Gasteiger partial charge in [0.2, 0.25) is 0 Å². The Morgan fingerprint density at radius 2 is 1.80 bits per heavy atom. The molecule has 0 saturated heterocycles. The fourth-order valence-electron chi connectivity index (χ4n) is 1.09. The molecular weight excluding hydrogens is 192 g/mol. The number of hydrogen-bond donors (Lipinski definition) is 1. The van der Waals surface area contributed by atoms with Gasteiger partial charge in [-0.2, -0.15) is 0 Å². The molecule has 3 nitrogen and oxygen atoms in total. The zero-order valence-electron chi connectivity index (χ0n) is 9.27. The Morgan fingerprint density at radius 3 is 2.33 bits per heavy atom. The topological polar surface area (TPSA) is 38.7 Å². The van der Waals surface area contributed by atoms with Crippen LogP contribution < -0.4 is 9.47 Å². The van der Waals surface area contributed by atoms with Crippen LogP contribution in [0.15, 0.2) is 24.3 Å². The second-order valence-corrected chi connectivity index (χ2v) is 3.38. The summed E-state index contributed by atoms with van der Waals surface area (Å²) in [6.07, 6.45) is 1.22. The van der Waals surface area contributed by atoms with Crippen LogP contribution in [0, 0.1) is 0 Å². The fourth-order valence-corrected chi connectivity index (χ4v) is 1.09. The Kier molecular flexibility index (Phi) is 4.98. The van der Waals surface area contributed by atoms with Crippen molar-refractivity contribution in [1.29, 1.82) is 0 Å². The van der Waals surface area contributed by atoms with Crippen LogP contribution in [0.5, 0.6) is 11.5 Å². The highest BCUT2D eigenvalue weighted by Crippen LogP contribution is 2.18. The third kappa shape index (κ3) is 4.21. The highest BCUT2D eigenvalue weighted by Gasteiger charge is 2.00. The maximum Gasteiger partial charge on any atom is 0.119 e. The number of aliphatic hydroxyl groups is 1. The van der Waals surface area contributed by atoms with Gasteiger partial charge in [0.15, 0.2) is 0 Å². The smallest absolute Gasteiger partial charge is 0.119 e. The molecule has 1 atom stereocenters. The van der Waals surface area contributed by atoms with E-state index in [0.717, 1.165) is 17.9 Å². The summed E-state index contributed by atoms with van der Waals surface area (Å²) in [5.41, 5.74) is 0. The van der Waals surface area contributed by atoms with E-state index in [-0.39, 0.29) is 12.7 Å². The number of aliphatic hydroxyl groups excluding tert-OH is 1. The molecule has 1 N–H and O–H groups in total. The summed E-state index contributed by atoms with van der Waals surface area (Å²) in [5.74, 6) is 1.60. The molecule has 15 heavy (non-hydrogen) atoms. The molecule has 0 saturated carbocycles. The lowest BCUT2D eigenvalue weighted by Crippen LogP contribution is -2.09. The van der Waals surface area contributed by atoms with Gasteiger partial charge in [-0.25, -0.2) is 0 Å². The van der Waals surface area contributed by atoms with E-state index < -0.39 is 0 Å². The summed E-state index contributed by atoms with van der Waals surface area (Å²) < 4.78 is 10.9. The van der Waals surface area contributed by atoms with E-state index in [4.69, 9.17) is 14.6 Å². The fraction of sp³-hybridized carbons (Fsp3) is 0.500. The monoisotopic (exact) mass is 210 g/mol. The Morgan fingerprint density at radius 1 is 1.20 bits per heavy atom. The van der Waals surface area contributed by atoms with Crippen LogP contribution in [0.25, 0.3) is 0 Å². The second-order valence-electron chi connectivity index (χ2n) is 3.38. The molecule has 0 fully saturated rings. The van der Waals surface area contributed by atoms with Crippen LogP contribution in [0.3, 0.4) is 0 Å². The average molecular weight is 210 g/mol. The van der Waals surface area contributed by atoms with Crippen molar-refractivity contribution in [3.8, 4) is 11.5 Å². The number of rotatable bonds is 6. The first kappa shape index (κ1) is 11.9. The molecule has 0 amide bonds. The zero-order chi connectivity index (χ0) is 11.1. The lowest BCUT2D eigenvalue weighted by atomic mass is 10.3. The van der Waals surface area contributed by atoms with Crippen molar-refractivity contribution in [2.75, 3.05) is 13.2 Å². The van der Waals surface area contributed by atoms with Crippen molar-refractivity contribution in [2.45, 2.75) is 26.4 Å². The van der Waals surface area contributed by atoms with Crippen molar-refractivity contribution in [3.05, 3.63) is 24.3 Å². The minimum atomic E-state index is 0.0329. The molecule has 0 bridgehead atoms. The minimum Gasteiger partial charge on any atom is -0.491 e. The Labute approximate surface area is 90.6 Å². The van der Waals surface area contributed by atoms with E-state index in [0.29, 0.717) is 6.61 Å². The SMILES string of the molecule is CCC(C)Oc1ccc(OCCO)cc1. The van der Waals surface area contributed by atoms with Gasteiger partial charge in [0.05, 0.1) is 12.7 Å². The Hall–Kier alpha value is -1.22. The van der Waals surface area contributed by atoms with Gasteiger partial charge < -0.3 is 14.6 Å². The molecule has 0 aliphatic heterocycles. The predicted octanol–water partition coefficient (Wildman–Crippen LogP) is 2.24. The van der Waals surface area contributed by atoms with Crippen LogP contribution in [0.2, 0.25) is 0 Å². The highest BCUT2D eigenvalue weighted by atomic mass is 16.5. The van der Waals surface area contributed by atoms with Gasteiger partial charge >= 0.3 is 0 Å². The lowest BCUT2D eigenvalue weighted by Gasteiger charge is -2.12. The molecule has 0 aromatic heterocycles.